The van der Waals surface area contributed by atoms with Gasteiger partial charge in [0, 0.05) is 19.3 Å². The van der Waals surface area contributed by atoms with E-state index < -0.39 is 0 Å². The number of thiazole rings is 1. The van der Waals surface area contributed by atoms with E-state index in [1.807, 2.05) is 36.9 Å². The molecule has 1 atom stereocenters. The number of hydrogen-bond donors (Lipinski definition) is 1. The van der Waals surface area contributed by atoms with E-state index in [0.29, 0.717) is 0 Å². The Morgan fingerprint density at radius 2 is 2.30 bits per heavy atom. The maximum absolute atomic E-state index is 13.1. The lowest BCUT2D eigenvalue weighted by molar-refractivity contribution is 0.0610. The zero-order valence-electron chi connectivity index (χ0n) is 13.6. The molecule has 1 fully saturated rings. The van der Waals surface area contributed by atoms with E-state index in [0.717, 1.165) is 53.7 Å². The van der Waals surface area contributed by atoms with E-state index in [-0.39, 0.29) is 11.9 Å². The second kappa shape index (κ2) is 7.08. The molecule has 0 bridgehead atoms. The van der Waals surface area contributed by atoms with Crippen molar-refractivity contribution in [3.8, 4) is 0 Å². The summed E-state index contributed by atoms with van der Waals surface area (Å²) in [7, 11) is 0. The van der Waals surface area contributed by atoms with Crippen LogP contribution < -0.4 is 5.32 Å². The number of anilines is 1. The van der Waals surface area contributed by atoms with Crippen LogP contribution in [0, 0.1) is 6.92 Å². The molecule has 2 aromatic heterocycles. The van der Waals surface area contributed by atoms with E-state index in [9.17, 15) is 4.79 Å². The predicted octanol–water partition coefficient (Wildman–Crippen LogP) is 3.65. The normalized spacial score (nSPS) is 18.0. The van der Waals surface area contributed by atoms with Crippen LogP contribution in [0.3, 0.4) is 0 Å². The van der Waals surface area contributed by atoms with E-state index in [2.05, 4.69) is 15.3 Å². The van der Waals surface area contributed by atoms with Gasteiger partial charge in [0.2, 0.25) is 0 Å². The molecule has 0 aliphatic carbocycles. The van der Waals surface area contributed by atoms with E-state index in [4.69, 9.17) is 0 Å². The van der Waals surface area contributed by atoms with Gasteiger partial charge in [-0.25, -0.2) is 4.98 Å². The van der Waals surface area contributed by atoms with E-state index in [1.165, 1.54) is 11.3 Å². The zero-order valence-corrected chi connectivity index (χ0v) is 14.4. The molecule has 23 heavy (non-hydrogen) atoms. The quantitative estimate of drug-likeness (QED) is 0.930. The lowest BCUT2D eigenvalue weighted by atomic mass is 9.98. The average molecular weight is 330 g/mol. The van der Waals surface area contributed by atoms with Crippen molar-refractivity contribution in [1.29, 1.82) is 0 Å². The number of carbonyl (C=O) groups excluding carboxylic acids is 1. The summed E-state index contributed by atoms with van der Waals surface area (Å²) in [6.07, 6.45) is 4.96. The number of rotatable bonds is 4. The second-order valence-corrected chi connectivity index (χ2v) is 6.73. The standard InChI is InChI=1S/C17H22N4OS/c1-3-18-17-20-12(2)15(23-17)16(22)21-11-7-5-9-14(21)13-8-4-6-10-19-13/h4,6,8,10,14H,3,5,7,9,11H2,1-2H3,(H,18,20). The number of piperidine rings is 1. The van der Waals surface area contributed by atoms with Crippen molar-refractivity contribution in [2.75, 3.05) is 18.4 Å². The third kappa shape index (κ3) is 3.37. The summed E-state index contributed by atoms with van der Waals surface area (Å²) in [6.45, 7) is 5.53. The number of hydrogen-bond acceptors (Lipinski definition) is 5. The lowest BCUT2D eigenvalue weighted by Gasteiger charge is -2.35. The summed E-state index contributed by atoms with van der Waals surface area (Å²) in [5.41, 5.74) is 1.79. The molecule has 1 aliphatic heterocycles. The van der Waals surface area contributed by atoms with Crippen LogP contribution >= 0.6 is 11.3 Å². The maximum atomic E-state index is 13.1. The minimum Gasteiger partial charge on any atom is -0.362 e. The molecule has 122 valence electrons. The van der Waals surface area contributed by atoms with Crippen LogP contribution in [0.1, 0.15) is 53.3 Å². The molecule has 3 heterocycles. The van der Waals surface area contributed by atoms with Gasteiger partial charge in [-0.15, -0.1) is 0 Å². The maximum Gasteiger partial charge on any atom is 0.266 e. The molecule has 0 saturated carbocycles. The first-order valence-corrected chi connectivity index (χ1v) is 8.95. The van der Waals surface area contributed by atoms with Crippen molar-refractivity contribution in [2.45, 2.75) is 39.2 Å². The third-order valence-electron chi connectivity index (χ3n) is 4.11. The van der Waals surface area contributed by atoms with Gasteiger partial charge in [0.1, 0.15) is 4.88 Å². The smallest absolute Gasteiger partial charge is 0.266 e. The highest BCUT2D eigenvalue weighted by Crippen LogP contribution is 2.33. The first kappa shape index (κ1) is 15.9. The van der Waals surface area contributed by atoms with Crippen molar-refractivity contribution in [3.05, 3.63) is 40.7 Å². The van der Waals surface area contributed by atoms with Gasteiger partial charge in [-0.2, -0.15) is 0 Å². The van der Waals surface area contributed by atoms with Gasteiger partial charge >= 0.3 is 0 Å². The fourth-order valence-corrected chi connectivity index (χ4v) is 4.00. The summed E-state index contributed by atoms with van der Waals surface area (Å²) < 4.78 is 0. The van der Waals surface area contributed by atoms with Crippen molar-refractivity contribution in [2.24, 2.45) is 0 Å². The Hall–Kier alpha value is -1.95. The molecule has 0 radical (unpaired) electrons. The molecule has 0 spiro atoms. The van der Waals surface area contributed by atoms with Crippen molar-refractivity contribution in [3.63, 3.8) is 0 Å². The number of aromatic nitrogens is 2. The largest absolute Gasteiger partial charge is 0.362 e. The highest BCUT2D eigenvalue weighted by molar-refractivity contribution is 7.17. The van der Waals surface area contributed by atoms with E-state index >= 15 is 0 Å². The molecule has 2 aromatic rings. The summed E-state index contributed by atoms with van der Waals surface area (Å²) >= 11 is 1.45. The van der Waals surface area contributed by atoms with Crippen LogP contribution in [-0.2, 0) is 0 Å². The Bertz CT molecular complexity index is 670. The minimum absolute atomic E-state index is 0.0709. The van der Waals surface area contributed by atoms with Crippen LogP contribution in [0.25, 0.3) is 0 Å². The first-order chi connectivity index (χ1) is 11.2. The number of nitrogens with zero attached hydrogens (tertiary/aromatic N) is 3. The molecule has 1 unspecified atom stereocenters. The third-order valence-corrected chi connectivity index (χ3v) is 5.21. The number of likely N-dealkylation sites (tertiary alicyclic amines) is 1. The molecule has 3 rings (SSSR count). The predicted molar refractivity (Wildman–Crippen MR) is 92.9 cm³/mol. The van der Waals surface area contributed by atoms with Crippen molar-refractivity contribution in [1.82, 2.24) is 14.9 Å². The molecule has 1 aliphatic rings. The topological polar surface area (TPSA) is 58.1 Å². The molecule has 1 saturated heterocycles. The van der Waals surface area contributed by atoms with Crippen LogP contribution in [0.2, 0.25) is 0 Å². The molecular formula is C17H22N4OS. The van der Waals surface area contributed by atoms with Crippen LogP contribution in [0.15, 0.2) is 24.4 Å². The van der Waals surface area contributed by atoms with Gasteiger partial charge in [-0.05, 0) is 45.2 Å². The summed E-state index contributed by atoms with van der Waals surface area (Å²) in [4.78, 5) is 24.7. The zero-order chi connectivity index (χ0) is 16.2. The van der Waals surface area contributed by atoms with Gasteiger partial charge in [0.25, 0.3) is 5.91 Å². The number of amides is 1. The first-order valence-electron chi connectivity index (χ1n) is 8.14. The number of nitrogens with one attached hydrogen (secondary N) is 1. The second-order valence-electron chi connectivity index (χ2n) is 5.73. The Labute approximate surface area is 140 Å². The Morgan fingerprint density at radius 3 is 3.04 bits per heavy atom. The summed E-state index contributed by atoms with van der Waals surface area (Å²) in [6, 6.07) is 5.98. The molecule has 6 heteroatoms. The lowest BCUT2D eigenvalue weighted by Crippen LogP contribution is -2.38. The van der Waals surface area contributed by atoms with Crippen LogP contribution in [-0.4, -0.2) is 33.9 Å². The molecular weight excluding hydrogens is 308 g/mol. The van der Waals surface area contributed by atoms with Gasteiger partial charge in [0.15, 0.2) is 5.13 Å². The molecule has 1 N–H and O–H groups in total. The molecule has 0 aromatic carbocycles. The fraction of sp³-hybridized carbons (Fsp3) is 0.471. The van der Waals surface area contributed by atoms with Crippen molar-refractivity contribution < 1.29 is 4.79 Å². The number of aryl methyl sites for hydroxylation is 1. The van der Waals surface area contributed by atoms with Crippen LogP contribution in [0.4, 0.5) is 5.13 Å². The number of carbonyl (C=O) groups is 1. The van der Waals surface area contributed by atoms with E-state index in [1.54, 1.807) is 6.20 Å². The van der Waals surface area contributed by atoms with Gasteiger partial charge in [0.05, 0.1) is 17.4 Å². The minimum atomic E-state index is 0.0709. The average Bonchev–Trinajstić information content (AvgIpc) is 2.96. The number of pyridine rings is 1. The SMILES string of the molecule is CCNc1nc(C)c(C(=O)N2CCCCC2c2ccccn2)s1. The Morgan fingerprint density at radius 1 is 1.43 bits per heavy atom. The molecule has 1 amide bonds. The highest BCUT2D eigenvalue weighted by atomic mass is 32.1. The van der Waals surface area contributed by atoms with Crippen LogP contribution in [0.5, 0.6) is 0 Å². The highest BCUT2D eigenvalue weighted by Gasteiger charge is 2.31. The molecule has 5 nitrogen and oxygen atoms in total. The summed E-state index contributed by atoms with van der Waals surface area (Å²) in [5.74, 6) is 0.0829. The van der Waals surface area contributed by atoms with Crippen molar-refractivity contribution >= 4 is 22.4 Å². The Balaban J connectivity index is 1.87. The van der Waals surface area contributed by atoms with Gasteiger partial charge < -0.3 is 10.2 Å². The fourth-order valence-electron chi connectivity index (χ4n) is 3.01. The summed E-state index contributed by atoms with van der Waals surface area (Å²) in [5, 5.41) is 4.01. The van der Waals surface area contributed by atoms with Gasteiger partial charge in [-0.3, -0.25) is 9.78 Å². The van der Waals surface area contributed by atoms with Gasteiger partial charge in [-0.1, -0.05) is 17.4 Å². The monoisotopic (exact) mass is 330 g/mol. The Kier molecular flexibility index (Phi) is 4.91.